The Hall–Kier alpha value is -2.38. The number of hydrogen-bond acceptors (Lipinski definition) is 4. The number of sulfonamides is 1. The van der Waals surface area contributed by atoms with Crippen molar-refractivity contribution in [2.24, 2.45) is 0 Å². The van der Waals surface area contributed by atoms with Crippen molar-refractivity contribution in [2.75, 3.05) is 43.0 Å². The minimum Gasteiger partial charge on any atom is -0.369 e. The number of rotatable bonds is 3. The van der Waals surface area contributed by atoms with Gasteiger partial charge < -0.3 is 9.80 Å². The van der Waals surface area contributed by atoms with Crippen molar-refractivity contribution in [1.29, 1.82) is 0 Å². The Labute approximate surface area is 172 Å². The number of hydrogen-bond donors (Lipinski definition) is 0. The van der Waals surface area contributed by atoms with E-state index in [0.29, 0.717) is 37.5 Å². The first-order valence-electron chi connectivity index (χ1n) is 9.91. The molecule has 0 N–H and O–H groups in total. The molecule has 7 heteroatoms. The highest BCUT2D eigenvalue weighted by Gasteiger charge is 2.37. The third-order valence-corrected chi connectivity index (χ3v) is 7.92. The van der Waals surface area contributed by atoms with Gasteiger partial charge in [0, 0.05) is 56.4 Å². The fraction of sp³-hybridized carbons (Fsp3) is 0.409. The van der Waals surface area contributed by atoms with Crippen molar-refractivity contribution >= 4 is 27.3 Å². The molecule has 1 fully saturated rings. The van der Waals surface area contributed by atoms with Crippen molar-refractivity contribution in [1.82, 2.24) is 4.31 Å². The molecule has 0 radical (unpaired) electrons. The first kappa shape index (κ1) is 19.9. The van der Waals surface area contributed by atoms with Gasteiger partial charge in [0.15, 0.2) is 0 Å². The van der Waals surface area contributed by atoms with E-state index in [1.807, 2.05) is 44.2 Å². The molecule has 0 spiro atoms. The number of carbonyl (C=O) groups is 1. The Bertz CT molecular complexity index is 1030. The molecule has 2 aliphatic rings. The maximum atomic E-state index is 13.3. The van der Waals surface area contributed by atoms with Crippen LogP contribution < -0.4 is 9.80 Å². The van der Waals surface area contributed by atoms with E-state index >= 15 is 0 Å². The molecule has 2 aromatic rings. The maximum Gasteiger partial charge on any atom is 0.243 e. The molecule has 2 aliphatic heterocycles. The highest BCUT2D eigenvalue weighted by atomic mass is 32.2. The Kier molecular flexibility index (Phi) is 4.91. The van der Waals surface area contributed by atoms with Crippen LogP contribution in [0.5, 0.6) is 0 Å². The van der Waals surface area contributed by atoms with Gasteiger partial charge in [0.05, 0.1) is 4.90 Å². The van der Waals surface area contributed by atoms with Gasteiger partial charge in [-0.05, 0) is 35.9 Å². The topological polar surface area (TPSA) is 60.9 Å². The number of carbonyl (C=O) groups excluding carboxylic acids is 1. The van der Waals surface area contributed by atoms with Crippen molar-refractivity contribution < 1.29 is 13.2 Å². The van der Waals surface area contributed by atoms with E-state index in [2.05, 4.69) is 4.90 Å². The predicted octanol–water partition coefficient (Wildman–Crippen LogP) is 2.84. The summed E-state index contributed by atoms with van der Waals surface area (Å²) in [5.74, 6) is 0.0511. The summed E-state index contributed by atoms with van der Waals surface area (Å²) in [6, 6.07) is 15.2. The Morgan fingerprint density at radius 3 is 2.24 bits per heavy atom. The predicted molar refractivity (Wildman–Crippen MR) is 115 cm³/mol. The molecular formula is C22H27N3O3S. The van der Waals surface area contributed by atoms with Gasteiger partial charge in [0.25, 0.3) is 0 Å². The zero-order valence-corrected chi connectivity index (χ0v) is 17.9. The molecule has 154 valence electrons. The summed E-state index contributed by atoms with van der Waals surface area (Å²) in [6.45, 7) is 6.22. The van der Waals surface area contributed by atoms with Crippen LogP contribution >= 0.6 is 0 Å². The molecule has 0 aliphatic carbocycles. The molecule has 0 atom stereocenters. The summed E-state index contributed by atoms with van der Waals surface area (Å²) in [5, 5.41) is 0. The Morgan fingerprint density at radius 2 is 1.59 bits per heavy atom. The Morgan fingerprint density at radius 1 is 0.931 bits per heavy atom. The van der Waals surface area contributed by atoms with Crippen LogP contribution in [0.2, 0.25) is 0 Å². The van der Waals surface area contributed by atoms with Gasteiger partial charge >= 0.3 is 0 Å². The summed E-state index contributed by atoms with van der Waals surface area (Å²) in [7, 11) is -1.84. The first-order valence-corrected chi connectivity index (χ1v) is 11.4. The van der Waals surface area contributed by atoms with E-state index in [4.69, 9.17) is 0 Å². The van der Waals surface area contributed by atoms with Crippen LogP contribution in [0.4, 0.5) is 11.4 Å². The van der Waals surface area contributed by atoms with E-state index in [9.17, 15) is 13.2 Å². The maximum absolute atomic E-state index is 13.3. The quantitative estimate of drug-likeness (QED) is 0.776. The number of nitrogens with zero attached hydrogens (tertiary/aromatic N) is 3. The van der Waals surface area contributed by atoms with Gasteiger partial charge in [-0.2, -0.15) is 4.31 Å². The highest BCUT2D eigenvalue weighted by Crippen LogP contribution is 2.41. The molecule has 29 heavy (non-hydrogen) atoms. The van der Waals surface area contributed by atoms with Crippen LogP contribution in [-0.2, 0) is 20.2 Å². The molecule has 2 aromatic carbocycles. The molecule has 1 saturated heterocycles. The van der Waals surface area contributed by atoms with Crippen LogP contribution in [0.25, 0.3) is 0 Å². The number of para-hydroxylation sites is 1. The fourth-order valence-electron chi connectivity index (χ4n) is 4.21. The average molecular weight is 414 g/mol. The molecule has 0 aromatic heterocycles. The summed E-state index contributed by atoms with van der Waals surface area (Å²) in [6.07, 6.45) is 0.371. The van der Waals surface area contributed by atoms with Gasteiger partial charge in [-0.1, -0.05) is 32.0 Å². The van der Waals surface area contributed by atoms with Crippen molar-refractivity contribution in [2.45, 2.75) is 30.6 Å². The number of anilines is 2. The standard InChI is InChI=1S/C22H27N3O3S/c1-22(2)16-21(26)23(3)20-10-9-18(15-19(20)22)29(27,28)25-13-11-24(12-14-25)17-7-5-4-6-8-17/h4-10,15H,11-14,16H2,1-3H3. The lowest BCUT2D eigenvalue weighted by Gasteiger charge is -2.38. The van der Waals surface area contributed by atoms with Crippen LogP contribution in [0, 0.1) is 0 Å². The summed E-state index contributed by atoms with van der Waals surface area (Å²) in [5.41, 5.74) is 2.42. The summed E-state index contributed by atoms with van der Waals surface area (Å²) in [4.78, 5) is 16.4. The lowest BCUT2D eigenvalue weighted by Crippen LogP contribution is -2.48. The molecule has 4 rings (SSSR count). The van der Waals surface area contributed by atoms with Gasteiger partial charge in [-0.15, -0.1) is 0 Å². The van der Waals surface area contributed by atoms with E-state index in [0.717, 1.165) is 16.9 Å². The third-order valence-electron chi connectivity index (χ3n) is 6.02. The van der Waals surface area contributed by atoms with E-state index in [1.165, 1.54) is 0 Å². The second-order valence-electron chi connectivity index (χ2n) is 8.42. The number of fused-ring (bicyclic) bond motifs is 1. The lowest BCUT2D eigenvalue weighted by atomic mass is 9.77. The van der Waals surface area contributed by atoms with Gasteiger partial charge in [-0.25, -0.2) is 8.42 Å². The van der Waals surface area contributed by atoms with E-state index in [1.54, 1.807) is 34.5 Å². The average Bonchev–Trinajstić information content (AvgIpc) is 2.72. The van der Waals surface area contributed by atoms with E-state index < -0.39 is 15.4 Å². The smallest absolute Gasteiger partial charge is 0.243 e. The summed E-state index contributed by atoms with van der Waals surface area (Å²) >= 11 is 0. The number of piperazine rings is 1. The zero-order chi connectivity index (χ0) is 20.8. The minimum atomic E-state index is -3.58. The normalized spacial score (nSPS) is 19.9. The molecular weight excluding hydrogens is 386 g/mol. The number of amides is 1. The first-order chi connectivity index (χ1) is 13.7. The Balaban J connectivity index is 1.58. The lowest BCUT2D eigenvalue weighted by molar-refractivity contribution is -0.119. The number of benzene rings is 2. The summed E-state index contributed by atoms with van der Waals surface area (Å²) < 4.78 is 28.2. The SMILES string of the molecule is CN1C(=O)CC(C)(C)c2cc(S(=O)(=O)N3CCN(c4ccccc4)CC3)ccc21. The van der Waals surface area contributed by atoms with Gasteiger partial charge in [-0.3, -0.25) is 4.79 Å². The molecule has 1 amide bonds. The zero-order valence-electron chi connectivity index (χ0n) is 17.1. The molecule has 6 nitrogen and oxygen atoms in total. The van der Waals surface area contributed by atoms with Crippen molar-refractivity contribution in [3.05, 3.63) is 54.1 Å². The largest absolute Gasteiger partial charge is 0.369 e. The highest BCUT2D eigenvalue weighted by molar-refractivity contribution is 7.89. The van der Waals surface area contributed by atoms with Gasteiger partial charge in [0.1, 0.15) is 0 Å². The minimum absolute atomic E-state index is 0.0511. The van der Waals surface area contributed by atoms with Crippen LogP contribution in [0.15, 0.2) is 53.4 Å². The molecule has 2 heterocycles. The van der Waals surface area contributed by atoms with Gasteiger partial charge in [0.2, 0.25) is 15.9 Å². The van der Waals surface area contributed by atoms with Crippen LogP contribution in [0.1, 0.15) is 25.8 Å². The van der Waals surface area contributed by atoms with Crippen LogP contribution in [-0.4, -0.2) is 51.9 Å². The van der Waals surface area contributed by atoms with E-state index in [-0.39, 0.29) is 5.91 Å². The monoisotopic (exact) mass is 413 g/mol. The molecule has 0 unspecified atom stereocenters. The second kappa shape index (κ2) is 7.15. The van der Waals surface area contributed by atoms with Crippen molar-refractivity contribution in [3.8, 4) is 0 Å². The van der Waals surface area contributed by atoms with Crippen LogP contribution in [0.3, 0.4) is 0 Å². The molecule has 0 saturated carbocycles. The molecule has 0 bridgehead atoms. The second-order valence-corrected chi connectivity index (χ2v) is 10.4. The third kappa shape index (κ3) is 3.53. The van der Waals surface area contributed by atoms with Crippen molar-refractivity contribution in [3.63, 3.8) is 0 Å². The fourth-order valence-corrected chi connectivity index (χ4v) is 5.66.